The van der Waals surface area contributed by atoms with E-state index >= 15 is 0 Å². The number of nitrogens with zero attached hydrogens (tertiary/aromatic N) is 1. The van der Waals surface area contributed by atoms with Crippen molar-refractivity contribution in [1.82, 2.24) is 4.90 Å². The van der Waals surface area contributed by atoms with Gasteiger partial charge in [0.2, 0.25) is 0 Å². The zero-order valence-electron chi connectivity index (χ0n) is 13.8. The first-order valence-electron chi connectivity index (χ1n) is 7.98. The van der Waals surface area contributed by atoms with Gasteiger partial charge in [0.15, 0.2) is 6.29 Å². The van der Waals surface area contributed by atoms with E-state index in [2.05, 4.69) is 32.6 Å². The fourth-order valence-corrected chi connectivity index (χ4v) is 2.99. The van der Waals surface area contributed by atoms with Crippen LogP contribution in [0.2, 0.25) is 0 Å². The van der Waals surface area contributed by atoms with Crippen LogP contribution >= 0.6 is 0 Å². The van der Waals surface area contributed by atoms with Gasteiger partial charge in [0, 0.05) is 13.7 Å². The van der Waals surface area contributed by atoms with Crippen molar-refractivity contribution in [3.63, 3.8) is 0 Å². The number of methoxy groups -OCH3 is 1. The topological polar surface area (TPSA) is 52.9 Å². The van der Waals surface area contributed by atoms with Gasteiger partial charge >= 0.3 is 0 Å². The molecule has 3 unspecified atom stereocenters. The molecule has 0 bridgehead atoms. The number of rotatable bonds is 7. The van der Waals surface area contributed by atoms with Gasteiger partial charge in [-0.25, -0.2) is 0 Å². The predicted molar refractivity (Wildman–Crippen MR) is 81.2 cm³/mol. The van der Waals surface area contributed by atoms with E-state index in [0.29, 0.717) is 5.92 Å². The Morgan fingerprint density at radius 1 is 1.30 bits per heavy atom. The molecule has 0 aromatic heterocycles. The second kappa shape index (κ2) is 7.74. The molecule has 0 amide bonds. The van der Waals surface area contributed by atoms with E-state index in [1.807, 2.05) is 0 Å². The van der Waals surface area contributed by atoms with Crippen LogP contribution in [0.5, 0.6) is 0 Å². The smallest absolute Gasteiger partial charge is 0.167 e. The minimum absolute atomic E-state index is 0.0251. The third kappa shape index (κ3) is 4.42. The molecular formula is C16H33NO3. The first kappa shape index (κ1) is 17.9. The molecule has 120 valence electrons. The number of aliphatic hydroxyl groups is 2. The van der Waals surface area contributed by atoms with Crippen LogP contribution in [0.25, 0.3) is 0 Å². The number of likely N-dealkylation sites (tertiary alicyclic amines) is 1. The highest BCUT2D eigenvalue weighted by Gasteiger charge is 2.35. The van der Waals surface area contributed by atoms with Gasteiger partial charge in [0.1, 0.15) is 6.23 Å². The lowest BCUT2D eigenvalue weighted by Gasteiger charge is -2.43. The lowest BCUT2D eigenvalue weighted by Crippen LogP contribution is -2.53. The van der Waals surface area contributed by atoms with Gasteiger partial charge in [-0.2, -0.15) is 0 Å². The molecule has 0 spiro atoms. The monoisotopic (exact) mass is 287 g/mol. The highest BCUT2D eigenvalue weighted by molar-refractivity contribution is 4.83. The molecule has 4 heteroatoms. The molecular weight excluding hydrogens is 254 g/mol. The third-order valence-electron chi connectivity index (χ3n) is 5.38. The van der Waals surface area contributed by atoms with Crippen molar-refractivity contribution < 1.29 is 14.9 Å². The molecule has 0 saturated carbocycles. The second-order valence-electron chi connectivity index (χ2n) is 6.88. The van der Waals surface area contributed by atoms with E-state index in [-0.39, 0.29) is 17.7 Å². The van der Waals surface area contributed by atoms with Gasteiger partial charge in [0.25, 0.3) is 0 Å². The summed E-state index contributed by atoms with van der Waals surface area (Å²) in [5, 5.41) is 19.2. The summed E-state index contributed by atoms with van der Waals surface area (Å²) in [7, 11) is 1.73. The number of hydrogen-bond donors (Lipinski definition) is 2. The Hall–Kier alpha value is -0.160. The molecule has 1 aliphatic heterocycles. The molecule has 20 heavy (non-hydrogen) atoms. The van der Waals surface area contributed by atoms with Crippen LogP contribution < -0.4 is 0 Å². The number of hydrogen-bond acceptors (Lipinski definition) is 4. The van der Waals surface area contributed by atoms with Crippen molar-refractivity contribution in [2.45, 2.75) is 78.4 Å². The summed E-state index contributed by atoms with van der Waals surface area (Å²) in [5.74, 6) is 0.524. The van der Waals surface area contributed by atoms with Gasteiger partial charge in [-0.05, 0) is 30.6 Å². The van der Waals surface area contributed by atoms with E-state index in [9.17, 15) is 10.2 Å². The van der Waals surface area contributed by atoms with Crippen molar-refractivity contribution >= 4 is 0 Å². The molecule has 1 fully saturated rings. The average Bonchev–Trinajstić information content (AvgIpc) is 2.44. The van der Waals surface area contributed by atoms with Gasteiger partial charge in [-0.15, -0.1) is 0 Å². The number of ether oxygens (including phenoxy) is 1. The predicted octanol–water partition coefficient (Wildman–Crippen LogP) is 2.59. The largest absolute Gasteiger partial charge is 0.367 e. The highest BCUT2D eigenvalue weighted by Crippen LogP contribution is 2.35. The van der Waals surface area contributed by atoms with Crippen LogP contribution in [0.1, 0.15) is 59.8 Å². The standard InChI is InChI=1S/C16H33NO3/c1-6-16(3,4)12(2)11-14(20-5)17-10-8-7-9-13(17)15(18)19/h12-15,18-19H,6-11H2,1-5H3. The molecule has 3 atom stereocenters. The van der Waals surface area contributed by atoms with Gasteiger partial charge < -0.3 is 14.9 Å². The van der Waals surface area contributed by atoms with Crippen LogP contribution in [-0.4, -0.2) is 47.3 Å². The van der Waals surface area contributed by atoms with Crippen molar-refractivity contribution in [3.05, 3.63) is 0 Å². The van der Waals surface area contributed by atoms with Crippen LogP contribution in [0.3, 0.4) is 0 Å². The Morgan fingerprint density at radius 2 is 1.95 bits per heavy atom. The van der Waals surface area contributed by atoms with Crippen LogP contribution in [-0.2, 0) is 4.74 Å². The van der Waals surface area contributed by atoms with Gasteiger partial charge in [0.05, 0.1) is 6.04 Å². The molecule has 1 rings (SSSR count). The van der Waals surface area contributed by atoms with Gasteiger partial charge in [-0.3, -0.25) is 4.90 Å². The molecule has 0 radical (unpaired) electrons. The molecule has 1 heterocycles. The van der Waals surface area contributed by atoms with Crippen molar-refractivity contribution in [2.24, 2.45) is 11.3 Å². The summed E-state index contributed by atoms with van der Waals surface area (Å²) < 4.78 is 5.68. The zero-order chi connectivity index (χ0) is 15.3. The highest BCUT2D eigenvalue weighted by atomic mass is 16.5. The second-order valence-corrected chi connectivity index (χ2v) is 6.88. The zero-order valence-corrected chi connectivity index (χ0v) is 13.8. The average molecular weight is 287 g/mol. The Kier molecular flexibility index (Phi) is 6.92. The third-order valence-corrected chi connectivity index (χ3v) is 5.38. The Balaban J connectivity index is 2.73. The van der Waals surface area contributed by atoms with Crippen molar-refractivity contribution in [2.75, 3.05) is 13.7 Å². The lowest BCUT2D eigenvalue weighted by molar-refractivity contribution is -0.162. The van der Waals surface area contributed by atoms with E-state index < -0.39 is 6.29 Å². The first-order chi connectivity index (χ1) is 9.33. The molecule has 4 nitrogen and oxygen atoms in total. The molecule has 0 aliphatic carbocycles. The van der Waals surface area contributed by atoms with E-state index in [1.54, 1.807) is 7.11 Å². The van der Waals surface area contributed by atoms with Crippen LogP contribution in [0.15, 0.2) is 0 Å². The maximum atomic E-state index is 9.59. The summed E-state index contributed by atoms with van der Waals surface area (Å²) in [6, 6.07) is -0.189. The SMILES string of the molecule is CCC(C)(C)C(C)CC(OC)N1CCCCC1C(O)O. The molecule has 0 aromatic carbocycles. The number of aliphatic hydroxyl groups excluding tert-OH is 1. The normalized spacial score (nSPS) is 24.9. The maximum absolute atomic E-state index is 9.59. The fourth-order valence-electron chi connectivity index (χ4n) is 2.99. The van der Waals surface area contributed by atoms with Crippen molar-refractivity contribution in [1.29, 1.82) is 0 Å². The minimum atomic E-state index is -1.28. The Bertz CT molecular complexity index is 281. The summed E-state index contributed by atoms with van der Waals surface area (Å²) in [5.41, 5.74) is 0.278. The lowest BCUT2D eigenvalue weighted by atomic mass is 9.75. The van der Waals surface area contributed by atoms with Gasteiger partial charge in [-0.1, -0.05) is 40.5 Å². The first-order valence-corrected chi connectivity index (χ1v) is 7.98. The Morgan fingerprint density at radius 3 is 2.45 bits per heavy atom. The van der Waals surface area contributed by atoms with Crippen molar-refractivity contribution in [3.8, 4) is 0 Å². The molecule has 1 saturated heterocycles. The van der Waals surface area contributed by atoms with E-state index in [1.165, 1.54) is 0 Å². The maximum Gasteiger partial charge on any atom is 0.167 e. The molecule has 0 aromatic rings. The quantitative estimate of drug-likeness (QED) is 0.707. The number of piperidine rings is 1. The fraction of sp³-hybridized carbons (Fsp3) is 1.00. The molecule has 2 N–H and O–H groups in total. The minimum Gasteiger partial charge on any atom is -0.367 e. The molecule has 1 aliphatic rings. The summed E-state index contributed by atoms with van der Waals surface area (Å²) in [6.07, 6.45) is 3.77. The van der Waals surface area contributed by atoms with Crippen LogP contribution in [0, 0.1) is 11.3 Å². The van der Waals surface area contributed by atoms with Crippen LogP contribution in [0.4, 0.5) is 0 Å². The Labute approximate surface area is 124 Å². The summed E-state index contributed by atoms with van der Waals surface area (Å²) >= 11 is 0. The van der Waals surface area contributed by atoms with E-state index in [4.69, 9.17) is 4.74 Å². The summed E-state index contributed by atoms with van der Waals surface area (Å²) in [6.45, 7) is 9.96. The summed E-state index contributed by atoms with van der Waals surface area (Å²) in [4.78, 5) is 2.15. The van der Waals surface area contributed by atoms with E-state index in [0.717, 1.165) is 38.6 Å².